The van der Waals surface area contributed by atoms with Gasteiger partial charge in [0.1, 0.15) is 0 Å². The van der Waals surface area contributed by atoms with Gasteiger partial charge in [-0.05, 0) is 67.7 Å². The summed E-state index contributed by atoms with van der Waals surface area (Å²) in [5.41, 5.74) is 3.73. The molecule has 1 nitrogen and oxygen atoms in total. The molecule has 1 aromatic carbocycles. The van der Waals surface area contributed by atoms with Gasteiger partial charge in [-0.1, -0.05) is 22.0 Å². The Morgan fingerprint density at radius 1 is 1.18 bits per heavy atom. The lowest BCUT2D eigenvalue weighted by atomic mass is 9.55. The Kier molecular flexibility index (Phi) is 2.64. The van der Waals surface area contributed by atoms with E-state index in [1.54, 1.807) is 11.1 Å². The molecule has 1 saturated carbocycles. The molecule has 17 heavy (non-hydrogen) atoms. The van der Waals surface area contributed by atoms with Crippen molar-refractivity contribution in [3.05, 3.63) is 33.8 Å². The highest BCUT2D eigenvalue weighted by Crippen LogP contribution is 2.53. The Bertz CT molecular complexity index is 444. The maximum Gasteiger partial charge on any atom is 0.0651 e. The van der Waals surface area contributed by atoms with Gasteiger partial charge in [0.2, 0.25) is 0 Å². The number of hydrogen-bond donors (Lipinski definition) is 0. The van der Waals surface area contributed by atoms with Crippen LogP contribution in [0.5, 0.6) is 0 Å². The van der Waals surface area contributed by atoms with Crippen molar-refractivity contribution in [1.82, 2.24) is 0 Å². The standard InChI is InChI=1S/C15H19BrO/c1-14(17-2)5-7-15(8-6-14)10-11-3-4-12(16)9-13(11)15/h3-4,9H,5-8,10H2,1-2H3. The Hall–Kier alpha value is -0.340. The fourth-order valence-corrected chi connectivity index (χ4v) is 3.82. The molecule has 92 valence electrons. The van der Waals surface area contributed by atoms with Gasteiger partial charge in [0.05, 0.1) is 5.60 Å². The lowest BCUT2D eigenvalue weighted by molar-refractivity contribution is -0.0425. The highest BCUT2D eigenvalue weighted by atomic mass is 79.9. The zero-order valence-electron chi connectivity index (χ0n) is 10.6. The van der Waals surface area contributed by atoms with Gasteiger partial charge in [0.15, 0.2) is 0 Å². The SMILES string of the molecule is COC1(C)CCC2(CC1)Cc1ccc(Br)cc12. The van der Waals surface area contributed by atoms with E-state index in [1.165, 1.54) is 36.6 Å². The van der Waals surface area contributed by atoms with Crippen molar-refractivity contribution in [3.8, 4) is 0 Å². The van der Waals surface area contributed by atoms with Crippen LogP contribution in [-0.4, -0.2) is 12.7 Å². The summed E-state index contributed by atoms with van der Waals surface area (Å²) in [4.78, 5) is 0. The molecular formula is C15H19BrO. The smallest absolute Gasteiger partial charge is 0.0651 e. The molecule has 0 amide bonds. The molecule has 0 aromatic heterocycles. The van der Waals surface area contributed by atoms with Crippen LogP contribution in [0.1, 0.15) is 43.7 Å². The summed E-state index contributed by atoms with van der Waals surface area (Å²) in [6.07, 6.45) is 6.21. The van der Waals surface area contributed by atoms with Crippen molar-refractivity contribution < 1.29 is 4.74 Å². The van der Waals surface area contributed by atoms with E-state index in [1.807, 2.05) is 7.11 Å². The summed E-state index contributed by atoms with van der Waals surface area (Å²) in [5.74, 6) is 0. The van der Waals surface area contributed by atoms with Gasteiger partial charge in [0.25, 0.3) is 0 Å². The Balaban J connectivity index is 1.84. The van der Waals surface area contributed by atoms with Gasteiger partial charge in [-0.3, -0.25) is 0 Å². The lowest BCUT2D eigenvalue weighted by Gasteiger charge is -2.51. The number of hydrogen-bond acceptors (Lipinski definition) is 1. The molecule has 0 aliphatic heterocycles. The van der Waals surface area contributed by atoms with Crippen molar-refractivity contribution >= 4 is 15.9 Å². The first-order chi connectivity index (χ1) is 8.07. The third-order valence-electron chi connectivity index (χ3n) is 4.93. The van der Waals surface area contributed by atoms with Crippen molar-refractivity contribution in [2.45, 2.75) is 50.0 Å². The molecule has 0 bridgehead atoms. The number of benzene rings is 1. The molecule has 0 N–H and O–H groups in total. The van der Waals surface area contributed by atoms with Crippen molar-refractivity contribution in [1.29, 1.82) is 0 Å². The van der Waals surface area contributed by atoms with E-state index in [-0.39, 0.29) is 5.60 Å². The molecule has 2 aliphatic carbocycles. The van der Waals surface area contributed by atoms with Crippen LogP contribution in [0.15, 0.2) is 22.7 Å². The molecule has 0 unspecified atom stereocenters. The normalized spacial score (nSPS) is 35.5. The molecule has 0 radical (unpaired) electrons. The topological polar surface area (TPSA) is 9.23 Å². The Morgan fingerprint density at radius 3 is 2.53 bits per heavy atom. The minimum absolute atomic E-state index is 0.118. The van der Waals surface area contributed by atoms with Gasteiger partial charge >= 0.3 is 0 Å². The van der Waals surface area contributed by atoms with Gasteiger partial charge in [0, 0.05) is 11.6 Å². The predicted octanol–water partition coefficient (Wildman–Crippen LogP) is 4.22. The van der Waals surface area contributed by atoms with E-state index in [4.69, 9.17) is 4.74 Å². The Morgan fingerprint density at radius 2 is 1.88 bits per heavy atom. The number of methoxy groups -OCH3 is 1. The highest BCUT2D eigenvalue weighted by molar-refractivity contribution is 9.10. The van der Waals surface area contributed by atoms with Crippen LogP contribution < -0.4 is 0 Å². The number of fused-ring (bicyclic) bond motifs is 2. The summed E-state index contributed by atoms with van der Waals surface area (Å²) in [6, 6.07) is 6.76. The Labute approximate surface area is 112 Å². The van der Waals surface area contributed by atoms with Gasteiger partial charge in [-0.25, -0.2) is 0 Å². The maximum atomic E-state index is 5.64. The molecule has 3 rings (SSSR count). The summed E-state index contributed by atoms with van der Waals surface area (Å²) in [5, 5.41) is 0. The molecule has 0 saturated heterocycles. The second-order valence-electron chi connectivity index (χ2n) is 5.91. The van der Waals surface area contributed by atoms with Crippen LogP contribution in [0.2, 0.25) is 0 Å². The molecule has 1 aromatic rings. The zero-order chi connectivity index (χ0) is 12.1. The quantitative estimate of drug-likeness (QED) is 0.753. The van der Waals surface area contributed by atoms with E-state index in [9.17, 15) is 0 Å². The van der Waals surface area contributed by atoms with Crippen LogP contribution in [0.3, 0.4) is 0 Å². The van der Waals surface area contributed by atoms with Gasteiger partial charge in [-0.2, -0.15) is 0 Å². The first kappa shape index (κ1) is 11.7. The molecule has 0 heterocycles. The van der Waals surface area contributed by atoms with E-state index >= 15 is 0 Å². The number of rotatable bonds is 1. The largest absolute Gasteiger partial charge is 0.379 e. The van der Waals surface area contributed by atoms with Crippen molar-refractivity contribution in [2.24, 2.45) is 0 Å². The second kappa shape index (κ2) is 3.83. The fraction of sp³-hybridized carbons (Fsp3) is 0.600. The van der Waals surface area contributed by atoms with Crippen LogP contribution in [-0.2, 0) is 16.6 Å². The summed E-state index contributed by atoms with van der Waals surface area (Å²) in [7, 11) is 1.85. The van der Waals surface area contributed by atoms with Crippen LogP contribution in [0.25, 0.3) is 0 Å². The number of halogens is 1. The van der Waals surface area contributed by atoms with Gasteiger partial charge < -0.3 is 4.74 Å². The molecule has 2 heteroatoms. The van der Waals surface area contributed by atoms with Crippen LogP contribution >= 0.6 is 15.9 Å². The molecular weight excluding hydrogens is 276 g/mol. The van der Waals surface area contributed by atoms with Crippen LogP contribution in [0.4, 0.5) is 0 Å². The first-order valence-corrected chi connectivity index (χ1v) is 7.20. The van der Waals surface area contributed by atoms with Crippen molar-refractivity contribution in [2.75, 3.05) is 7.11 Å². The van der Waals surface area contributed by atoms with E-state index in [0.29, 0.717) is 5.41 Å². The number of ether oxygens (including phenoxy) is 1. The predicted molar refractivity (Wildman–Crippen MR) is 73.4 cm³/mol. The highest BCUT2D eigenvalue weighted by Gasteiger charge is 2.47. The summed E-state index contributed by atoms with van der Waals surface area (Å²) in [6.45, 7) is 2.25. The third-order valence-corrected chi connectivity index (χ3v) is 5.42. The summed E-state index contributed by atoms with van der Waals surface area (Å²) < 4.78 is 6.86. The summed E-state index contributed by atoms with van der Waals surface area (Å²) >= 11 is 3.59. The van der Waals surface area contributed by atoms with Crippen LogP contribution in [0, 0.1) is 0 Å². The van der Waals surface area contributed by atoms with E-state index < -0.39 is 0 Å². The molecule has 1 spiro atoms. The van der Waals surface area contributed by atoms with Crippen molar-refractivity contribution in [3.63, 3.8) is 0 Å². The lowest BCUT2D eigenvalue weighted by Crippen LogP contribution is -2.46. The minimum atomic E-state index is 0.118. The minimum Gasteiger partial charge on any atom is -0.379 e. The maximum absolute atomic E-state index is 5.64. The average molecular weight is 295 g/mol. The third kappa shape index (κ3) is 1.77. The first-order valence-electron chi connectivity index (χ1n) is 6.41. The van der Waals surface area contributed by atoms with E-state index in [2.05, 4.69) is 41.1 Å². The second-order valence-corrected chi connectivity index (χ2v) is 6.83. The zero-order valence-corrected chi connectivity index (χ0v) is 12.1. The van der Waals surface area contributed by atoms with E-state index in [0.717, 1.165) is 0 Å². The molecule has 0 atom stereocenters. The average Bonchev–Trinajstić information content (AvgIpc) is 2.33. The molecule has 1 fully saturated rings. The monoisotopic (exact) mass is 294 g/mol. The fourth-order valence-electron chi connectivity index (χ4n) is 3.46. The molecule has 2 aliphatic rings. The van der Waals surface area contributed by atoms with Gasteiger partial charge in [-0.15, -0.1) is 0 Å².